The second-order valence-corrected chi connectivity index (χ2v) is 9.27. The van der Waals surface area contributed by atoms with Gasteiger partial charge in [0.15, 0.2) is 0 Å². The van der Waals surface area contributed by atoms with Gasteiger partial charge in [0.05, 0.1) is 17.9 Å². The molecule has 0 atom stereocenters. The van der Waals surface area contributed by atoms with Crippen LogP contribution in [0.5, 0.6) is 0 Å². The number of rotatable bonds is 7. The number of nitrogens with one attached hydrogen (secondary N) is 2. The van der Waals surface area contributed by atoms with Gasteiger partial charge in [0.25, 0.3) is 0 Å². The average molecular weight is 430 g/mol. The van der Waals surface area contributed by atoms with Crippen LogP contribution in [0.2, 0.25) is 0 Å². The molecule has 0 saturated carbocycles. The normalized spacial score (nSPS) is 15.2. The Hall–Kier alpha value is -2.71. The second-order valence-electron chi connectivity index (χ2n) is 7.33. The van der Waals surface area contributed by atoms with Gasteiger partial charge < -0.3 is 10.6 Å². The summed E-state index contributed by atoms with van der Waals surface area (Å²) in [5.74, 6) is -0.616. The molecule has 1 aliphatic rings. The van der Waals surface area contributed by atoms with E-state index < -0.39 is 10.0 Å². The number of carbonyl (C=O) groups excluding carboxylic acids is 2. The van der Waals surface area contributed by atoms with E-state index in [-0.39, 0.29) is 29.7 Å². The lowest BCUT2D eigenvalue weighted by Gasteiger charge is -2.20. The molecule has 8 heteroatoms. The number of hydrogen-bond acceptors (Lipinski definition) is 4. The minimum Gasteiger partial charge on any atom is -0.347 e. The number of amides is 2. The van der Waals surface area contributed by atoms with Crippen molar-refractivity contribution >= 4 is 27.5 Å². The van der Waals surface area contributed by atoms with Crippen molar-refractivity contribution in [3.63, 3.8) is 0 Å². The van der Waals surface area contributed by atoms with Crippen LogP contribution in [-0.4, -0.2) is 44.2 Å². The van der Waals surface area contributed by atoms with Crippen molar-refractivity contribution < 1.29 is 18.0 Å². The van der Waals surface area contributed by atoms with Crippen molar-refractivity contribution in [1.29, 1.82) is 0 Å². The van der Waals surface area contributed by atoms with Gasteiger partial charge in [-0.25, -0.2) is 8.42 Å². The van der Waals surface area contributed by atoms with Crippen molar-refractivity contribution in [3.8, 4) is 0 Å². The Labute approximate surface area is 177 Å². The van der Waals surface area contributed by atoms with Crippen molar-refractivity contribution in [2.24, 2.45) is 0 Å². The van der Waals surface area contributed by atoms with E-state index in [0.717, 1.165) is 31.2 Å². The Balaban J connectivity index is 1.51. The van der Waals surface area contributed by atoms with Crippen LogP contribution in [0.15, 0.2) is 59.5 Å². The van der Waals surface area contributed by atoms with Crippen LogP contribution in [0.1, 0.15) is 31.2 Å². The van der Waals surface area contributed by atoms with E-state index in [0.29, 0.717) is 18.8 Å². The molecule has 0 aromatic heterocycles. The smallest absolute Gasteiger partial charge is 0.243 e. The zero-order valence-corrected chi connectivity index (χ0v) is 17.7. The van der Waals surface area contributed by atoms with Crippen LogP contribution in [-0.2, 0) is 26.0 Å². The Kier molecular flexibility index (Phi) is 7.59. The van der Waals surface area contributed by atoms with E-state index in [2.05, 4.69) is 10.6 Å². The maximum atomic E-state index is 12.8. The first-order chi connectivity index (χ1) is 14.4. The van der Waals surface area contributed by atoms with Gasteiger partial charge in [-0.3, -0.25) is 9.59 Å². The highest BCUT2D eigenvalue weighted by molar-refractivity contribution is 7.89. The van der Waals surface area contributed by atoms with Gasteiger partial charge in [0.2, 0.25) is 21.8 Å². The molecule has 0 aliphatic carbocycles. The molecular weight excluding hydrogens is 402 g/mol. The fraction of sp³-hybridized carbons (Fsp3) is 0.364. The molecule has 1 fully saturated rings. The minimum absolute atomic E-state index is 0.153. The van der Waals surface area contributed by atoms with E-state index >= 15 is 0 Å². The summed E-state index contributed by atoms with van der Waals surface area (Å²) in [4.78, 5) is 24.2. The molecule has 2 amide bonds. The van der Waals surface area contributed by atoms with Crippen LogP contribution >= 0.6 is 0 Å². The van der Waals surface area contributed by atoms with Gasteiger partial charge in [-0.05, 0) is 42.7 Å². The first kappa shape index (κ1) is 22.0. The van der Waals surface area contributed by atoms with E-state index in [1.54, 1.807) is 12.1 Å². The monoisotopic (exact) mass is 429 g/mol. The SMILES string of the molecule is O=C(Cc1ccccc1)NCC(=O)Nc1ccc(S(=O)(=O)N2CCCCCC2)cc1. The topological polar surface area (TPSA) is 95.6 Å². The fourth-order valence-corrected chi connectivity index (χ4v) is 4.89. The van der Waals surface area contributed by atoms with Crippen LogP contribution in [0.3, 0.4) is 0 Å². The summed E-state index contributed by atoms with van der Waals surface area (Å²) in [5.41, 5.74) is 1.35. The minimum atomic E-state index is -3.52. The van der Waals surface area contributed by atoms with Gasteiger partial charge in [0, 0.05) is 18.8 Å². The van der Waals surface area contributed by atoms with Crippen LogP contribution in [0, 0.1) is 0 Å². The van der Waals surface area contributed by atoms with Crippen molar-refractivity contribution in [2.45, 2.75) is 37.0 Å². The number of carbonyl (C=O) groups is 2. The molecule has 2 N–H and O–H groups in total. The molecule has 1 saturated heterocycles. The van der Waals surface area contributed by atoms with Gasteiger partial charge in [-0.2, -0.15) is 4.31 Å². The molecule has 1 heterocycles. The quantitative estimate of drug-likeness (QED) is 0.707. The summed E-state index contributed by atoms with van der Waals surface area (Å²) in [7, 11) is -3.52. The summed E-state index contributed by atoms with van der Waals surface area (Å²) in [6.45, 7) is 0.937. The maximum absolute atomic E-state index is 12.8. The van der Waals surface area contributed by atoms with Crippen molar-refractivity contribution in [2.75, 3.05) is 25.0 Å². The highest BCUT2D eigenvalue weighted by atomic mass is 32.2. The predicted octanol–water partition coefficient (Wildman–Crippen LogP) is 2.55. The lowest BCUT2D eigenvalue weighted by Crippen LogP contribution is -2.33. The highest BCUT2D eigenvalue weighted by Gasteiger charge is 2.24. The summed E-state index contributed by atoms with van der Waals surface area (Å²) in [5, 5.41) is 5.25. The Morgan fingerprint density at radius 3 is 2.10 bits per heavy atom. The average Bonchev–Trinajstić information content (AvgIpc) is 3.04. The summed E-state index contributed by atoms with van der Waals surface area (Å²) in [6.07, 6.45) is 4.07. The van der Waals surface area contributed by atoms with Crippen molar-refractivity contribution in [3.05, 3.63) is 60.2 Å². The number of anilines is 1. The first-order valence-corrected chi connectivity index (χ1v) is 11.6. The van der Waals surface area contributed by atoms with Crippen LogP contribution in [0.25, 0.3) is 0 Å². The number of nitrogens with zero attached hydrogens (tertiary/aromatic N) is 1. The van der Waals surface area contributed by atoms with Crippen LogP contribution in [0.4, 0.5) is 5.69 Å². The maximum Gasteiger partial charge on any atom is 0.243 e. The van der Waals surface area contributed by atoms with E-state index in [4.69, 9.17) is 0 Å². The first-order valence-electron chi connectivity index (χ1n) is 10.2. The van der Waals surface area contributed by atoms with Gasteiger partial charge >= 0.3 is 0 Å². The lowest BCUT2D eigenvalue weighted by atomic mass is 10.1. The highest BCUT2D eigenvalue weighted by Crippen LogP contribution is 2.21. The van der Waals surface area contributed by atoms with Gasteiger partial charge in [-0.15, -0.1) is 0 Å². The number of hydrogen-bond donors (Lipinski definition) is 2. The Bertz CT molecular complexity index is 952. The fourth-order valence-electron chi connectivity index (χ4n) is 3.37. The molecule has 160 valence electrons. The molecule has 1 aliphatic heterocycles. The molecule has 2 aromatic carbocycles. The van der Waals surface area contributed by atoms with Gasteiger partial charge in [0.1, 0.15) is 0 Å². The molecular formula is C22H27N3O4S. The molecule has 2 aromatic rings. The molecule has 0 bridgehead atoms. The van der Waals surface area contributed by atoms with Crippen LogP contribution < -0.4 is 10.6 Å². The molecule has 0 unspecified atom stereocenters. The molecule has 0 spiro atoms. The Morgan fingerprint density at radius 1 is 0.833 bits per heavy atom. The van der Waals surface area contributed by atoms with E-state index in [9.17, 15) is 18.0 Å². The molecule has 0 radical (unpaired) electrons. The van der Waals surface area contributed by atoms with Crippen molar-refractivity contribution in [1.82, 2.24) is 9.62 Å². The third-order valence-electron chi connectivity index (χ3n) is 4.99. The summed E-state index contributed by atoms with van der Waals surface area (Å²) < 4.78 is 27.1. The molecule has 3 rings (SSSR count). The zero-order chi connectivity index (χ0) is 21.4. The summed E-state index contributed by atoms with van der Waals surface area (Å²) >= 11 is 0. The summed E-state index contributed by atoms with van der Waals surface area (Å²) in [6, 6.07) is 15.4. The molecule has 7 nitrogen and oxygen atoms in total. The van der Waals surface area contributed by atoms with E-state index in [1.165, 1.54) is 16.4 Å². The molecule has 30 heavy (non-hydrogen) atoms. The lowest BCUT2D eigenvalue weighted by molar-refractivity contribution is -0.123. The third kappa shape index (κ3) is 6.14. The largest absolute Gasteiger partial charge is 0.347 e. The third-order valence-corrected chi connectivity index (χ3v) is 6.91. The second kappa shape index (κ2) is 10.4. The standard InChI is InChI=1S/C22H27N3O4S/c26-21(16-18-8-4-3-5-9-18)23-17-22(27)24-19-10-12-20(13-11-19)30(28,29)25-14-6-1-2-7-15-25/h3-5,8-13H,1-2,6-7,14-17H2,(H,23,26)(H,24,27). The Morgan fingerprint density at radius 2 is 1.47 bits per heavy atom. The number of benzene rings is 2. The predicted molar refractivity (Wildman–Crippen MR) is 115 cm³/mol. The van der Waals surface area contributed by atoms with E-state index in [1.807, 2.05) is 30.3 Å². The number of sulfonamides is 1. The zero-order valence-electron chi connectivity index (χ0n) is 16.8. The van der Waals surface area contributed by atoms with Gasteiger partial charge in [-0.1, -0.05) is 43.2 Å².